The minimum atomic E-state index is -0.301. The highest BCUT2D eigenvalue weighted by atomic mass is 35.5. The third kappa shape index (κ3) is 2.70. The van der Waals surface area contributed by atoms with Gasteiger partial charge in [-0.15, -0.1) is 0 Å². The number of benzene rings is 1. The summed E-state index contributed by atoms with van der Waals surface area (Å²) in [6, 6.07) is 4.53. The van der Waals surface area contributed by atoms with Crippen LogP contribution in [0.4, 0.5) is 0 Å². The number of phenols is 1. The van der Waals surface area contributed by atoms with E-state index >= 15 is 0 Å². The van der Waals surface area contributed by atoms with Gasteiger partial charge in [-0.05, 0) is 31.0 Å². The Morgan fingerprint density at radius 3 is 2.88 bits per heavy atom. The molecule has 1 aliphatic carbocycles. The first-order valence-corrected chi connectivity index (χ1v) is 5.80. The molecule has 0 radical (unpaired) electrons. The van der Waals surface area contributed by atoms with E-state index in [1.807, 2.05) is 0 Å². The Kier molecular flexibility index (Phi) is 3.54. The van der Waals surface area contributed by atoms with Crippen molar-refractivity contribution in [1.29, 1.82) is 0 Å². The van der Waals surface area contributed by atoms with Crippen LogP contribution in [0.5, 0.6) is 5.75 Å². The van der Waals surface area contributed by atoms with Gasteiger partial charge in [-0.3, -0.25) is 4.79 Å². The van der Waals surface area contributed by atoms with Crippen LogP contribution in [0.15, 0.2) is 18.2 Å². The Hall–Kier alpha value is -1.26. The summed E-state index contributed by atoms with van der Waals surface area (Å²) in [6.07, 6.45) is 1.85. The van der Waals surface area contributed by atoms with Crippen molar-refractivity contribution < 1.29 is 14.6 Å². The highest BCUT2D eigenvalue weighted by molar-refractivity contribution is 6.31. The lowest BCUT2D eigenvalue weighted by Crippen LogP contribution is -2.47. The predicted octanol–water partition coefficient (Wildman–Crippen LogP) is 1.95. The number of carbonyl (C=O) groups excluding carboxylic acids is 1. The number of halogens is 1. The standard InChI is InChI=1S/C12H14ClNO3/c1-17-9-5-8(6-9)14-12(16)10-4-7(13)2-3-11(10)15/h2-4,8-9,15H,5-6H2,1H3,(H,14,16). The molecule has 0 saturated heterocycles. The van der Waals surface area contributed by atoms with Crippen LogP contribution in [0.25, 0.3) is 0 Å². The number of rotatable bonds is 3. The van der Waals surface area contributed by atoms with Crippen molar-refractivity contribution in [2.24, 2.45) is 0 Å². The zero-order valence-electron chi connectivity index (χ0n) is 9.44. The van der Waals surface area contributed by atoms with E-state index < -0.39 is 0 Å². The highest BCUT2D eigenvalue weighted by Crippen LogP contribution is 2.25. The molecule has 4 nitrogen and oxygen atoms in total. The lowest BCUT2D eigenvalue weighted by Gasteiger charge is -2.34. The number of phenolic OH excluding ortho intramolecular Hbond substituents is 1. The van der Waals surface area contributed by atoms with E-state index in [2.05, 4.69) is 5.32 Å². The van der Waals surface area contributed by atoms with Gasteiger partial charge >= 0.3 is 0 Å². The fourth-order valence-corrected chi connectivity index (χ4v) is 2.00. The van der Waals surface area contributed by atoms with Crippen LogP contribution in [-0.2, 0) is 4.74 Å². The average Bonchev–Trinajstić information content (AvgIpc) is 2.25. The minimum Gasteiger partial charge on any atom is -0.507 e. The molecular formula is C12H14ClNO3. The second-order valence-corrected chi connectivity index (χ2v) is 4.60. The number of hydrogen-bond donors (Lipinski definition) is 2. The Balaban J connectivity index is 1.98. The number of ether oxygens (including phenoxy) is 1. The van der Waals surface area contributed by atoms with Gasteiger partial charge in [0.2, 0.25) is 0 Å². The maximum absolute atomic E-state index is 11.8. The Morgan fingerprint density at radius 1 is 1.53 bits per heavy atom. The van der Waals surface area contributed by atoms with Crippen LogP contribution in [-0.4, -0.2) is 30.3 Å². The van der Waals surface area contributed by atoms with Crippen molar-refractivity contribution in [3.05, 3.63) is 28.8 Å². The zero-order chi connectivity index (χ0) is 12.4. The fourth-order valence-electron chi connectivity index (χ4n) is 1.83. The third-order valence-electron chi connectivity index (χ3n) is 2.97. The van der Waals surface area contributed by atoms with E-state index in [0.29, 0.717) is 5.02 Å². The van der Waals surface area contributed by atoms with E-state index in [1.54, 1.807) is 7.11 Å². The topological polar surface area (TPSA) is 58.6 Å². The minimum absolute atomic E-state index is 0.0606. The number of nitrogens with one attached hydrogen (secondary N) is 1. The van der Waals surface area contributed by atoms with Gasteiger partial charge in [-0.25, -0.2) is 0 Å². The molecule has 1 saturated carbocycles. The maximum Gasteiger partial charge on any atom is 0.255 e. The first-order chi connectivity index (χ1) is 8.10. The van der Waals surface area contributed by atoms with E-state index in [4.69, 9.17) is 16.3 Å². The molecule has 1 aromatic carbocycles. The molecule has 0 bridgehead atoms. The lowest BCUT2D eigenvalue weighted by molar-refractivity contribution is 0.0176. The molecule has 0 aliphatic heterocycles. The molecule has 5 heteroatoms. The highest BCUT2D eigenvalue weighted by Gasteiger charge is 2.30. The number of amides is 1. The summed E-state index contributed by atoms with van der Waals surface area (Å²) < 4.78 is 5.12. The Morgan fingerprint density at radius 2 is 2.24 bits per heavy atom. The zero-order valence-corrected chi connectivity index (χ0v) is 10.2. The number of carbonyl (C=O) groups is 1. The summed E-state index contributed by atoms with van der Waals surface area (Å²) in [5, 5.41) is 12.8. The maximum atomic E-state index is 11.8. The quantitative estimate of drug-likeness (QED) is 0.868. The van der Waals surface area contributed by atoms with Crippen LogP contribution in [0, 0.1) is 0 Å². The Labute approximate surface area is 105 Å². The lowest BCUT2D eigenvalue weighted by atomic mass is 9.89. The van der Waals surface area contributed by atoms with Crippen molar-refractivity contribution >= 4 is 17.5 Å². The second-order valence-electron chi connectivity index (χ2n) is 4.16. The molecule has 0 spiro atoms. The van der Waals surface area contributed by atoms with Crippen molar-refractivity contribution in [2.75, 3.05) is 7.11 Å². The van der Waals surface area contributed by atoms with Crippen LogP contribution < -0.4 is 5.32 Å². The van der Waals surface area contributed by atoms with E-state index in [0.717, 1.165) is 12.8 Å². The van der Waals surface area contributed by atoms with Crippen LogP contribution >= 0.6 is 11.6 Å². The largest absolute Gasteiger partial charge is 0.507 e. The SMILES string of the molecule is COC1CC(NC(=O)c2cc(Cl)ccc2O)C1. The molecule has 0 atom stereocenters. The van der Waals surface area contributed by atoms with Gasteiger partial charge < -0.3 is 15.2 Å². The molecule has 1 aromatic rings. The normalized spacial score (nSPS) is 22.9. The molecule has 0 unspecified atom stereocenters. The van der Waals surface area contributed by atoms with Gasteiger partial charge in [0.1, 0.15) is 5.75 Å². The number of hydrogen-bond acceptors (Lipinski definition) is 3. The summed E-state index contributed by atoms with van der Waals surface area (Å²) in [4.78, 5) is 11.8. The second kappa shape index (κ2) is 4.94. The van der Waals surface area contributed by atoms with Crippen LogP contribution in [0.3, 0.4) is 0 Å². The van der Waals surface area contributed by atoms with Gasteiger partial charge in [0.15, 0.2) is 0 Å². The van der Waals surface area contributed by atoms with Gasteiger partial charge in [0.25, 0.3) is 5.91 Å². The summed E-state index contributed by atoms with van der Waals surface area (Å²) >= 11 is 5.78. The van der Waals surface area contributed by atoms with Crippen molar-refractivity contribution in [1.82, 2.24) is 5.32 Å². The average molecular weight is 256 g/mol. The molecule has 2 N–H and O–H groups in total. The van der Waals surface area contributed by atoms with Gasteiger partial charge in [-0.2, -0.15) is 0 Å². The molecule has 0 heterocycles. The number of aromatic hydroxyl groups is 1. The molecule has 1 fully saturated rings. The predicted molar refractivity (Wildman–Crippen MR) is 64.4 cm³/mol. The van der Waals surface area contributed by atoms with Gasteiger partial charge in [0.05, 0.1) is 11.7 Å². The van der Waals surface area contributed by atoms with Crippen molar-refractivity contribution in [3.63, 3.8) is 0 Å². The van der Waals surface area contributed by atoms with Gasteiger partial charge in [-0.1, -0.05) is 11.6 Å². The van der Waals surface area contributed by atoms with Crippen molar-refractivity contribution in [2.45, 2.75) is 25.0 Å². The first-order valence-electron chi connectivity index (χ1n) is 5.42. The smallest absolute Gasteiger partial charge is 0.255 e. The molecule has 1 amide bonds. The van der Waals surface area contributed by atoms with Crippen LogP contribution in [0.2, 0.25) is 5.02 Å². The van der Waals surface area contributed by atoms with Crippen molar-refractivity contribution in [3.8, 4) is 5.75 Å². The Bertz CT molecular complexity index is 430. The molecule has 1 aliphatic rings. The summed E-state index contributed by atoms with van der Waals surface area (Å²) in [6.45, 7) is 0. The monoisotopic (exact) mass is 255 g/mol. The summed E-state index contributed by atoms with van der Waals surface area (Å²) in [7, 11) is 1.66. The number of methoxy groups -OCH3 is 1. The van der Waals surface area contributed by atoms with Gasteiger partial charge in [0, 0.05) is 18.2 Å². The molecule has 17 heavy (non-hydrogen) atoms. The van der Waals surface area contributed by atoms with E-state index in [9.17, 15) is 9.90 Å². The molecule has 2 rings (SSSR count). The first kappa shape index (κ1) is 12.2. The summed E-state index contributed by atoms with van der Waals surface area (Å²) in [5.41, 5.74) is 0.207. The molecule has 0 aromatic heterocycles. The molecular weight excluding hydrogens is 242 g/mol. The third-order valence-corrected chi connectivity index (χ3v) is 3.20. The van der Waals surface area contributed by atoms with E-state index in [-0.39, 0.29) is 29.4 Å². The summed E-state index contributed by atoms with van der Waals surface area (Å²) in [5.74, 6) is -0.362. The van der Waals surface area contributed by atoms with E-state index in [1.165, 1.54) is 18.2 Å². The molecule has 92 valence electrons. The van der Waals surface area contributed by atoms with Crippen LogP contribution in [0.1, 0.15) is 23.2 Å². The fraction of sp³-hybridized carbons (Fsp3) is 0.417.